The second-order valence-electron chi connectivity index (χ2n) is 4.26. The maximum Gasteiger partial charge on any atom is 0.151 e. The molecule has 2 aromatic rings. The first-order valence-corrected chi connectivity index (χ1v) is 6.64. The van der Waals surface area contributed by atoms with Crippen molar-refractivity contribution in [3.05, 3.63) is 42.0 Å². The van der Waals surface area contributed by atoms with E-state index in [4.69, 9.17) is 4.42 Å². The van der Waals surface area contributed by atoms with E-state index in [0.717, 1.165) is 36.9 Å². The van der Waals surface area contributed by atoms with Gasteiger partial charge in [0.1, 0.15) is 5.76 Å². The maximum absolute atomic E-state index is 5.36. The second-order valence-corrected chi connectivity index (χ2v) is 4.26. The summed E-state index contributed by atoms with van der Waals surface area (Å²) in [7, 11) is 0. The molecule has 0 radical (unpaired) electrons. The Morgan fingerprint density at radius 1 is 1.21 bits per heavy atom. The zero-order chi connectivity index (χ0) is 13.5. The van der Waals surface area contributed by atoms with Gasteiger partial charge in [0.05, 0.1) is 18.5 Å². The fourth-order valence-corrected chi connectivity index (χ4v) is 1.81. The quantitative estimate of drug-likeness (QED) is 0.827. The Morgan fingerprint density at radius 3 is 2.68 bits per heavy atom. The average Bonchev–Trinajstić information content (AvgIpc) is 2.96. The molecule has 0 atom stereocenters. The first-order valence-electron chi connectivity index (χ1n) is 6.64. The SMILES string of the molecule is CCNCc1ccc(N(CC)Cc2ccco2)nn1. The van der Waals surface area contributed by atoms with Gasteiger partial charge in [0.15, 0.2) is 5.82 Å². The Bertz CT molecular complexity index is 467. The van der Waals surface area contributed by atoms with E-state index in [2.05, 4.69) is 34.3 Å². The highest BCUT2D eigenvalue weighted by Gasteiger charge is 2.09. The van der Waals surface area contributed by atoms with Crippen LogP contribution in [-0.4, -0.2) is 23.3 Å². The number of furan rings is 1. The molecule has 2 aromatic heterocycles. The van der Waals surface area contributed by atoms with Crippen molar-refractivity contribution < 1.29 is 4.42 Å². The van der Waals surface area contributed by atoms with Gasteiger partial charge in [-0.1, -0.05) is 6.92 Å². The normalized spacial score (nSPS) is 10.6. The van der Waals surface area contributed by atoms with Crippen LogP contribution in [0.3, 0.4) is 0 Å². The third-order valence-electron chi connectivity index (χ3n) is 2.89. The summed E-state index contributed by atoms with van der Waals surface area (Å²) >= 11 is 0. The number of rotatable bonds is 7. The number of hydrogen-bond donors (Lipinski definition) is 1. The number of aromatic nitrogens is 2. The topological polar surface area (TPSA) is 54.2 Å². The largest absolute Gasteiger partial charge is 0.467 e. The highest BCUT2D eigenvalue weighted by atomic mass is 16.3. The summed E-state index contributed by atoms with van der Waals surface area (Å²) in [4.78, 5) is 2.13. The standard InChI is InChI=1S/C14H20N4O/c1-3-15-10-12-7-8-14(17-16-12)18(4-2)11-13-6-5-9-19-13/h5-9,15H,3-4,10-11H2,1-2H3. The Morgan fingerprint density at radius 2 is 2.11 bits per heavy atom. The highest BCUT2D eigenvalue weighted by molar-refractivity contribution is 5.37. The van der Waals surface area contributed by atoms with E-state index < -0.39 is 0 Å². The lowest BCUT2D eigenvalue weighted by molar-refractivity contribution is 0.502. The average molecular weight is 260 g/mol. The third kappa shape index (κ3) is 3.79. The van der Waals surface area contributed by atoms with Crippen LogP contribution in [0, 0.1) is 0 Å². The summed E-state index contributed by atoms with van der Waals surface area (Å²) in [6.45, 7) is 7.44. The van der Waals surface area contributed by atoms with Crippen molar-refractivity contribution in [2.24, 2.45) is 0 Å². The van der Waals surface area contributed by atoms with Crippen molar-refractivity contribution in [2.45, 2.75) is 26.9 Å². The zero-order valence-corrected chi connectivity index (χ0v) is 11.5. The molecule has 102 valence electrons. The van der Waals surface area contributed by atoms with E-state index in [9.17, 15) is 0 Å². The van der Waals surface area contributed by atoms with Crippen molar-refractivity contribution in [1.29, 1.82) is 0 Å². The lowest BCUT2D eigenvalue weighted by Gasteiger charge is -2.20. The van der Waals surface area contributed by atoms with Gasteiger partial charge in [-0.3, -0.25) is 0 Å². The first-order chi connectivity index (χ1) is 9.33. The van der Waals surface area contributed by atoms with Crippen LogP contribution in [0.5, 0.6) is 0 Å². The predicted molar refractivity (Wildman–Crippen MR) is 74.8 cm³/mol. The molecule has 19 heavy (non-hydrogen) atoms. The van der Waals surface area contributed by atoms with Gasteiger partial charge in [-0.2, -0.15) is 5.10 Å². The van der Waals surface area contributed by atoms with Crippen LogP contribution >= 0.6 is 0 Å². The molecule has 0 bridgehead atoms. The smallest absolute Gasteiger partial charge is 0.151 e. The molecule has 0 saturated heterocycles. The molecule has 0 unspecified atom stereocenters. The van der Waals surface area contributed by atoms with Crippen LogP contribution in [-0.2, 0) is 13.1 Å². The Hall–Kier alpha value is -1.88. The van der Waals surface area contributed by atoms with Crippen molar-refractivity contribution in [2.75, 3.05) is 18.0 Å². The van der Waals surface area contributed by atoms with Gasteiger partial charge in [0, 0.05) is 13.1 Å². The fourth-order valence-electron chi connectivity index (χ4n) is 1.81. The Labute approximate surface area is 113 Å². The molecule has 0 aliphatic heterocycles. The van der Waals surface area contributed by atoms with E-state index in [1.165, 1.54) is 0 Å². The van der Waals surface area contributed by atoms with Crippen LogP contribution < -0.4 is 10.2 Å². The zero-order valence-electron chi connectivity index (χ0n) is 11.5. The molecule has 5 heteroatoms. The monoisotopic (exact) mass is 260 g/mol. The molecule has 2 heterocycles. The van der Waals surface area contributed by atoms with Gasteiger partial charge in [-0.15, -0.1) is 5.10 Å². The molecule has 0 amide bonds. The third-order valence-corrected chi connectivity index (χ3v) is 2.89. The molecule has 0 aromatic carbocycles. The fraction of sp³-hybridized carbons (Fsp3) is 0.429. The Balaban J connectivity index is 2.02. The number of nitrogens with one attached hydrogen (secondary N) is 1. The van der Waals surface area contributed by atoms with E-state index in [0.29, 0.717) is 6.54 Å². The summed E-state index contributed by atoms with van der Waals surface area (Å²) in [5.74, 6) is 1.81. The van der Waals surface area contributed by atoms with Gasteiger partial charge < -0.3 is 14.6 Å². The molecular weight excluding hydrogens is 240 g/mol. The van der Waals surface area contributed by atoms with Crippen molar-refractivity contribution >= 4 is 5.82 Å². The molecule has 2 rings (SSSR count). The van der Waals surface area contributed by atoms with Gasteiger partial charge in [0.25, 0.3) is 0 Å². The molecule has 0 aliphatic carbocycles. The van der Waals surface area contributed by atoms with Gasteiger partial charge in [-0.05, 0) is 37.7 Å². The van der Waals surface area contributed by atoms with Crippen LogP contribution in [0.4, 0.5) is 5.82 Å². The summed E-state index contributed by atoms with van der Waals surface area (Å²) in [5, 5.41) is 11.7. The van der Waals surface area contributed by atoms with Crippen molar-refractivity contribution in [3.63, 3.8) is 0 Å². The molecule has 5 nitrogen and oxygen atoms in total. The molecular formula is C14H20N4O. The summed E-state index contributed by atoms with van der Waals surface area (Å²) in [5.41, 5.74) is 0.958. The number of nitrogens with zero attached hydrogens (tertiary/aromatic N) is 3. The minimum atomic E-state index is 0.713. The van der Waals surface area contributed by atoms with E-state index in [1.807, 2.05) is 24.3 Å². The first kappa shape index (κ1) is 13.5. The molecule has 0 aliphatic rings. The van der Waals surface area contributed by atoms with Crippen LogP contribution in [0.2, 0.25) is 0 Å². The van der Waals surface area contributed by atoms with E-state index in [-0.39, 0.29) is 0 Å². The summed E-state index contributed by atoms with van der Waals surface area (Å²) in [6.07, 6.45) is 1.69. The lowest BCUT2D eigenvalue weighted by Crippen LogP contribution is -2.23. The van der Waals surface area contributed by atoms with E-state index in [1.54, 1.807) is 6.26 Å². The summed E-state index contributed by atoms with van der Waals surface area (Å²) < 4.78 is 5.36. The van der Waals surface area contributed by atoms with E-state index >= 15 is 0 Å². The lowest BCUT2D eigenvalue weighted by atomic mass is 10.3. The molecule has 0 saturated carbocycles. The van der Waals surface area contributed by atoms with Crippen LogP contribution in [0.1, 0.15) is 25.3 Å². The van der Waals surface area contributed by atoms with Gasteiger partial charge in [-0.25, -0.2) is 0 Å². The van der Waals surface area contributed by atoms with Crippen LogP contribution in [0.25, 0.3) is 0 Å². The van der Waals surface area contributed by atoms with Crippen molar-refractivity contribution in [1.82, 2.24) is 15.5 Å². The molecule has 0 fully saturated rings. The molecule has 0 spiro atoms. The Kier molecular flexibility index (Phi) is 4.92. The van der Waals surface area contributed by atoms with Gasteiger partial charge >= 0.3 is 0 Å². The highest BCUT2D eigenvalue weighted by Crippen LogP contribution is 2.13. The number of hydrogen-bond acceptors (Lipinski definition) is 5. The minimum absolute atomic E-state index is 0.713. The summed E-state index contributed by atoms with van der Waals surface area (Å²) in [6, 6.07) is 7.88. The maximum atomic E-state index is 5.36. The molecule has 1 N–H and O–H groups in total. The second kappa shape index (κ2) is 6.89. The number of anilines is 1. The minimum Gasteiger partial charge on any atom is -0.467 e. The predicted octanol–water partition coefficient (Wildman–Crippen LogP) is 2.21. The van der Waals surface area contributed by atoms with Gasteiger partial charge in [0.2, 0.25) is 0 Å². The van der Waals surface area contributed by atoms with Crippen LogP contribution in [0.15, 0.2) is 34.9 Å². The van der Waals surface area contributed by atoms with Crippen molar-refractivity contribution in [3.8, 4) is 0 Å².